The number of pyridine rings is 1. The Hall–Kier alpha value is -1.63. The van der Waals surface area contributed by atoms with Gasteiger partial charge in [0.2, 0.25) is 5.91 Å². The van der Waals surface area contributed by atoms with E-state index in [-0.39, 0.29) is 36.1 Å². The number of nitrogens with two attached hydrogens (primary N) is 1. The van der Waals surface area contributed by atoms with E-state index in [1.807, 2.05) is 24.4 Å². The molecule has 1 aliphatic rings. The number of halogens is 2. The van der Waals surface area contributed by atoms with Gasteiger partial charge < -0.3 is 11.1 Å². The standard InChI is InChI=1S/C18H25N5O.2ClH/c19-14-18(6-2-1-3-7-18)12-17(24)21-13-15-5-9-20-16(11-15)23-10-4-8-22-23;;/h4-5,8-11H,1-3,6-7,12-14,19H2,(H,21,24);2*1H. The number of rotatable bonds is 6. The third kappa shape index (κ3) is 5.69. The predicted molar refractivity (Wildman–Crippen MR) is 107 cm³/mol. The summed E-state index contributed by atoms with van der Waals surface area (Å²) in [4.78, 5) is 16.7. The van der Waals surface area contributed by atoms with Crippen molar-refractivity contribution in [2.24, 2.45) is 11.1 Å². The average molecular weight is 400 g/mol. The van der Waals surface area contributed by atoms with Crippen LogP contribution in [0.1, 0.15) is 44.1 Å². The molecule has 8 heteroatoms. The molecule has 144 valence electrons. The topological polar surface area (TPSA) is 85.8 Å². The van der Waals surface area contributed by atoms with Gasteiger partial charge in [-0.25, -0.2) is 9.67 Å². The van der Waals surface area contributed by atoms with Gasteiger partial charge in [-0.15, -0.1) is 24.8 Å². The van der Waals surface area contributed by atoms with Gasteiger partial charge in [0.25, 0.3) is 0 Å². The lowest BCUT2D eigenvalue weighted by Gasteiger charge is -2.35. The van der Waals surface area contributed by atoms with Crippen LogP contribution >= 0.6 is 24.8 Å². The van der Waals surface area contributed by atoms with E-state index in [1.54, 1.807) is 17.1 Å². The van der Waals surface area contributed by atoms with Crippen LogP contribution in [-0.2, 0) is 11.3 Å². The fourth-order valence-corrected chi connectivity index (χ4v) is 3.46. The van der Waals surface area contributed by atoms with Gasteiger partial charge in [0.1, 0.15) is 0 Å². The van der Waals surface area contributed by atoms with Crippen molar-refractivity contribution < 1.29 is 4.79 Å². The highest BCUT2D eigenvalue weighted by atomic mass is 35.5. The summed E-state index contributed by atoms with van der Waals surface area (Å²) in [7, 11) is 0. The van der Waals surface area contributed by atoms with Gasteiger partial charge in [-0.05, 0) is 48.6 Å². The number of amides is 1. The largest absolute Gasteiger partial charge is 0.352 e. The molecule has 0 aliphatic heterocycles. The first-order valence-corrected chi connectivity index (χ1v) is 8.63. The van der Waals surface area contributed by atoms with Gasteiger partial charge in [-0.3, -0.25) is 4.79 Å². The summed E-state index contributed by atoms with van der Waals surface area (Å²) in [5.41, 5.74) is 6.98. The van der Waals surface area contributed by atoms with E-state index in [0.29, 0.717) is 19.5 Å². The minimum Gasteiger partial charge on any atom is -0.352 e. The number of carbonyl (C=O) groups excluding carboxylic acids is 1. The van der Waals surface area contributed by atoms with Crippen LogP contribution in [0.5, 0.6) is 0 Å². The molecule has 1 aliphatic carbocycles. The van der Waals surface area contributed by atoms with Gasteiger partial charge in [0.15, 0.2) is 5.82 Å². The smallest absolute Gasteiger partial charge is 0.220 e. The molecule has 0 atom stereocenters. The summed E-state index contributed by atoms with van der Waals surface area (Å²) in [6.07, 6.45) is 11.6. The highest BCUT2D eigenvalue weighted by Crippen LogP contribution is 2.38. The van der Waals surface area contributed by atoms with Crippen molar-refractivity contribution >= 4 is 30.7 Å². The molecule has 0 bridgehead atoms. The van der Waals surface area contributed by atoms with Crippen molar-refractivity contribution in [1.82, 2.24) is 20.1 Å². The first kappa shape index (κ1) is 22.4. The maximum Gasteiger partial charge on any atom is 0.220 e. The SMILES string of the molecule is Cl.Cl.NCC1(CC(=O)NCc2ccnc(-n3cccn3)c2)CCCCC1. The van der Waals surface area contributed by atoms with Crippen LogP contribution in [0.25, 0.3) is 5.82 Å². The first-order chi connectivity index (χ1) is 11.7. The Labute approximate surface area is 166 Å². The Morgan fingerprint density at radius 1 is 1.23 bits per heavy atom. The third-order valence-electron chi connectivity index (χ3n) is 4.92. The Balaban J connectivity index is 0.00000169. The average Bonchev–Trinajstić information content (AvgIpc) is 3.16. The maximum atomic E-state index is 12.4. The van der Waals surface area contributed by atoms with E-state index in [2.05, 4.69) is 15.4 Å². The monoisotopic (exact) mass is 399 g/mol. The lowest BCUT2D eigenvalue weighted by Crippen LogP contribution is -2.38. The number of nitrogens with zero attached hydrogens (tertiary/aromatic N) is 3. The molecule has 1 saturated carbocycles. The van der Waals surface area contributed by atoms with Gasteiger partial charge >= 0.3 is 0 Å². The van der Waals surface area contributed by atoms with Crippen LogP contribution in [0.4, 0.5) is 0 Å². The highest BCUT2D eigenvalue weighted by molar-refractivity contribution is 5.85. The normalized spacial score (nSPS) is 15.4. The molecule has 1 amide bonds. The minimum absolute atomic E-state index is 0. The quantitative estimate of drug-likeness (QED) is 0.781. The van der Waals surface area contributed by atoms with Gasteiger partial charge in [0.05, 0.1) is 0 Å². The molecule has 2 aromatic heterocycles. The number of nitrogens with one attached hydrogen (secondary N) is 1. The summed E-state index contributed by atoms with van der Waals surface area (Å²) < 4.78 is 1.71. The molecule has 2 heterocycles. The zero-order chi connectivity index (χ0) is 16.8. The number of aromatic nitrogens is 3. The van der Waals surface area contributed by atoms with Gasteiger partial charge in [0, 0.05) is 31.6 Å². The maximum absolute atomic E-state index is 12.4. The lowest BCUT2D eigenvalue weighted by molar-refractivity contribution is -0.124. The number of hydrogen-bond donors (Lipinski definition) is 2. The Morgan fingerprint density at radius 3 is 2.65 bits per heavy atom. The molecule has 0 unspecified atom stereocenters. The van der Waals surface area contributed by atoms with Gasteiger partial charge in [-0.1, -0.05) is 19.3 Å². The van der Waals surface area contributed by atoms with E-state index in [9.17, 15) is 4.79 Å². The van der Waals surface area contributed by atoms with Crippen molar-refractivity contribution in [2.45, 2.75) is 45.1 Å². The number of carbonyl (C=O) groups is 1. The second-order valence-corrected chi connectivity index (χ2v) is 6.69. The molecule has 0 aromatic carbocycles. The van der Waals surface area contributed by atoms with Crippen LogP contribution in [0.2, 0.25) is 0 Å². The zero-order valence-electron chi connectivity index (χ0n) is 14.8. The van der Waals surface area contributed by atoms with Crippen LogP contribution in [0.15, 0.2) is 36.8 Å². The Morgan fingerprint density at radius 2 is 2.00 bits per heavy atom. The van der Waals surface area contributed by atoms with Crippen LogP contribution in [0.3, 0.4) is 0 Å². The van der Waals surface area contributed by atoms with Crippen LogP contribution < -0.4 is 11.1 Å². The second-order valence-electron chi connectivity index (χ2n) is 6.69. The molecule has 26 heavy (non-hydrogen) atoms. The van der Waals surface area contributed by atoms with Crippen molar-refractivity contribution in [3.05, 3.63) is 42.4 Å². The second kappa shape index (κ2) is 10.5. The summed E-state index contributed by atoms with van der Waals surface area (Å²) in [5.74, 6) is 0.831. The van der Waals surface area contributed by atoms with Gasteiger partial charge in [-0.2, -0.15) is 5.10 Å². The molecule has 3 N–H and O–H groups in total. The fourth-order valence-electron chi connectivity index (χ4n) is 3.46. The molecule has 2 aromatic rings. The molecule has 3 rings (SSSR count). The van der Waals surface area contributed by atoms with E-state index in [0.717, 1.165) is 24.2 Å². The third-order valence-corrected chi connectivity index (χ3v) is 4.92. The molecule has 6 nitrogen and oxygen atoms in total. The summed E-state index contributed by atoms with van der Waals surface area (Å²) in [6, 6.07) is 5.70. The van der Waals surface area contributed by atoms with Crippen LogP contribution in [0, 0.1) is 5.41 Å². The summed E-state index contributed by atoms with van der Waals surface area (Å²) >= 11 is 0. The Bertz CT molecular complexity index is 672. The minimum atomic E-state index is 0. The van der Waals surface area contributed by atoms with E-state index < -0.39 is 0 Å². The zero-order valence-corrected chi connectivity index (χ0v) is 16.4. The molecule has 0 radical (unpaired) electrons. The number of hydrogen-bond acceptors (Lipinski definition) is 4. The van der Waals surface area contributed by atoms with E-state index in [1.165, 1.54) is 19.3 Å². The molecular formula is C18H27Cl2N5O. The van der Waals surface area contributed by atoms with Crippen molar-refractivity contribution in [2.75, 3.05) is 6.54 Å². The summed E-state index contributed by atoms with van der Waals surface area (Å²) in [5, 5.41) is 7.20. The van der Waals surface area contributed by atoms with Crippen molar-refractivity contribution in [3.8, 4) is 5.82 Å². The van der Waals surface area contributed by atoms with Crippen molar-refractivity contribution in [1.29, 1.82) is 0 Å². The Kier molecular flexibility index (Phi) is 9.05. The molecule has 0 spiro atoms. The van der Waals surface area contributed by atoms with Crippen LogP contribution in [-0.4, -0.2) is 27.2 Å². The summed E-state index contributed by atoms with van der Waals surface area (Å²) in [6.45, 7) is 1.09. The first-order valence-electron chi connectivity index (χ1n) is 8.63. The van der Waals surface area contributed by atoms with E-state index in [4.69, 9.17) is 5.73 Å². The molecule has 0 saturated heterocycles. The predicted octanol–water partition coefficient (Wildman–Crippen LogP) is 3.03. The highest BCUT2D eigenvalue weighted by Gasteiger charge is 2.32. The lowest BCUT2D eigenvalue weighted by atomic mass is 9.71. The fraction of sp³-hybridized carbons (Fsp3) is 0.500. The van der Waals surface area contributed by atoms with E-state index >= 15 is 0 Å². The van der Waals surface area contributed by atoms with Crippen molar-refractivity contribution in [3.63, 3.8) is 0 Å². The molecular weight excluding hydrogens is 373 g/mol. The molecule has 1 fully saturated rings.